The summed E-state index contributed by atoms with van der Waals surface area (Å²) in [4.78, 5) is 2.34. The van der Waals surface area contributed by atoms with Gasteiger partial charge in [0.25, 0.3) is 0 Å². The first-order chi connectivity index (χ1) is 17.0. The summed E-state index contributed by atoms with van der Waals surface area (Å²) in [7, 11) is 0. The highest BCUT2D eigenvalue weighted by atomic mass is 16.5. The second kappa shape index (κ2) is 12.3. The Morgan fingerprint density at radius 3 is 2.63 bits per heavy atom. The van der Waals surface area contributed by atoms with Crippen molar-refractivity contribution in [3.8, 4) is 17.3 Å². The average molecular weight is 478 g/mol. The zero-order chi connectivity index (χ0) is 24.6. The fraction of sp³-hybridized carbons (Fsp3) is 0.483. The first-order valence-electron chi connectivity index (χ1n) is 12.9. The lowest BCUT2D eigenvalue weighted by Crippen LogP contribution is -2.36. The fourth-order valence-electron chi connectivity index (χ4n) is 4.27. The van der Waals surface area contributed by atoms with Gasteiger partial charge in [0.1, 0.15) is 5.75 Å². The van der Waals surface area contributed by atoms with Crippen molar-refractivity contribution in [2.24, 2.45) is 5.92 Å². The number of aliphatic hydroxyl groups is 1. The van der Waals surface area contributed by atoms with Gasteiger partial charge in [0.05, 0.1) is 29.7 Å². The predicted molar refractivity (Wildman–Crippen MR) is 139 cm³/mol. The summed E-state index contributed by atoms with van der Waals surface area (Å²) in [5.41, 5.74) is 4.09. The lowest BCUT2D eigenvalue weighted by Gasteiger charge is -2.25. The van der Waals surface area contributed by atoms with Crippen LogP contribution in [0.5, 0.6) is 11.6 Å². The summed E-state index contributed by atoms with van der Waals surface area (Å²) in [5, 5.41) is 15.6. The molecule has 4 rings (SSSR count). The Morgan fingerprint density at radius 2 is 1.91 bits per heavy atom. The first kappa shape index (κ1) is 25.4. The third kappa shape index (κ3) is 7.40. The van der Waals surface area contributed by atoms with E-state index in [4.69, 9.17) is 14.6 Å². The molecule has 0 amide bonds. The molecule has 35 heavy (non-hydrogen) atoms. The maximum absolute atomic E-state index is 10.7. The van der Waals surface area contributed by atoms with Gasteiger partial charge >= 0.3 is 0 Å². The standard InChI is InChI=1S/C29H39N3O3/c1-4-5-16-34-21-26(33)19-31(18-24-14-15-24)20-28-23(3)30-32(25-11-7-6-8-12-25)29(28)35-27-13-9-10-22(2)17-27/h6-13,17,24,26,33H,4-5,14-16,18-21H2,1-3H3/t26-/m1/s1. The number of hydrogen-bond donors (Lipinski definition) is 1. The van der Waals surface area contributed by atoms with Crippen LogP contribution in [0.1, 0.15) is 49.4 Å². The van der Waals surface area contributed by atoms with Crippen molar-refractivity contribution in [2.75, 3.05) is 26.3 Å². The molecule has 1 aliphatic carbocycles. The zero-order valence-corrected chi connectivity index (χ0v) is 21.3. The van der Waals surface area contributed by atoms with E-state index in [-0.39, 0.29) is 0 Å². The van der Waals surface area contributed by atoms with Crippen molar-refractivity contribution in [1.29, 1.82) is 0 Å². The van der Waals surface area contributed by atoms with Crippen LogP contribution in [0.15, 0.2) is 54.6 Å². The molecule has 1 fully saturated rings. The number of hydrogen-bond acceptors (Lipinski definition) is 5. The van der Waals surface area contributed by atoms with Gasteiger partial charge in [-0.3, -0.25) is 4.90 Å². The molecule has 6 nitrogen and oxygen atoms in total. The van der Waals surface area contributed by atoms with Crippen LogP contribution in [0.2, 0.25) is 0 Å². The summed E-state index contributed by atoms with van der Waals surface area (Å²) in [5.74, 6) is 2.23. The highest BCUT2D eigenvalue weighted by molar-refractivity contribution is 5.43. The first-order valence-corrected chi connectivity index (χ1v) is 12.9. The topological polar surface area (TPSA) is 59.8 Å². The number of aryl methyl sites for hydroxylation is 2. The van der Waals surface area contributed by atoms with Crippen LogP contribution in [0.25, 0.3) is 5.69 Å². The smallest absolute Gasteiger partial charge is 0.227 e. The Labute approximate surface area is 209 Å². The van der Waals surface area contributed by atoms with Crippen molar-refractivity contribution in [1.82, 2.24) is 14.7 Å². The Hall–Kier alpha value is -2.67. The minimum Gasteiger partial charge on any atom is -0.439 e. The quantitative estimate of drug-likeness (QED) is 0.303. The normalized spacial score (nSPS) is 14.4. The number of aromatic nitrogens is 2. The molecule has 188 valence electrons. The molecule has 0 spiro atoms. The number of aliphatic hydroxyl groups excluding tert-OH is 1. The van der Waals surface area contributed by atoms with E-state index in [1.54, 1.807) is 0 Å². The van der Waals surface area contributed by atoms with E-state index in [1.807, 2.05) is 60.1 Å². The summed E-state index contributed by atoms with van der Waals surface area (Å²) >= 11 is 0. The van der Waals surface area contributed by atoms with Crippen molar-refractivity contribution in [3.05, 3.63) is 71.4 Å². The molecule has 0 bridgehead atoms. The third-order valence-electron chi connectivity index (χ3n) is 6.36. The summed E-state index contributed by atoms with van der Waals surface area (Å²) in [6, 6.07) is 18.2. The van der Waals surface area contributed by atoms with E-state index in [0.717, 1.165) is 53.5 Å². The minimum atomic E-state index is -0.517. The molecular formula is C29H39N3O3. The van der Waals surface area contributed by atoms with Gasteiger partial charge in [-0.25, -0.2) is 4.68 Å². The third-order valence-corrected chi connectivity index (χ3v) is 6.36. The highest BCUT2D eigenvalue weighted by Crippen LogP contribution is 2.34. The van der Waals surface area contributed by atoms with Crippen LogP contribution < -0.4 is 4.74 Å². The number of benzene rings is 2. The Bertz CT molecular complexity index is 1060. The highest BCUT2D eigenvalue weighted by Gasteiger charge is 2.28. The maximum Gasteiger partial charge on any atom is 0.227 e. The summed E-state index contributed by atoms with van der Waals surface area (Å²) in [6.07, 6.45) is 4.12. The average Bonchev–Trinajstić information content (AvgIpc) is 3.61. The Morgan fingerprint density at radius 1 is 1.11 bits per heavy atom. The van der Waals surface area contributed by atoms with Gasteiger partial charge in [0.15, 0.2) is 0 Å². The van der Waals surface area contributed by atoms with E-state index in [0.29, 0.717) is 32.2 Å². The number of para-hydroxylation sites is 1. The van der Waals surface area contributed by atoms with Gasteiger partial charge in [-0.05, 0) is 68.9 Å². The monoisotopic (exact) mass is 477 g/mol. The molecule has 1 aromatic heterocycles. The molecule has 1 saturated carbocycles. The van der Waals surface area contributed by atoms with E-state index in [1.165, 1.54) is 12.8 Å². The minimum absolute atomic E-state index is 0.371. The largest absolute Gasteiger partial charge is 0.439 e. The second-order valence-corrected chi connectivity index (χ2v) is 9.75. The number of nitrogens with zero attached hydrogens (tertiary/aromatic N) is 3. The zero-order valence-electron chi connectivity index (χ0n) is 21.3. The van der Waals surface area contributed by atoms with Crippen molar-refractivity contribution < 1.29 is 14.6 Å². The molecular weight excluding hydrogens is 438 g/mol. The maximum atomic E-state index is 10.7. The van der Waals surface area contributed by atoms with E-state index in [2.05, 4.69) is 24.8 Å². The lowest BCUT2D eigenvalue weighted by molar-refractivity contribution is 0.0134. The van der Waals surface area contributed by atoms with Gasteiger partial charge in [-0.15, -0.1) is 0 Å². The molecule has 2 aromatic carbocycles. The summed E-state index contributed by atoms with van der Waals surface area (Å²) < 4.78 is 14.1. The molecule has 3 aromatic rings. The van der Waals surface area contributed by atoms with Gasteiger partial charge in [-0.1, -0.05) is 43.7 Å². The number of unbranched alkanes of at least 4 members (excludes halogenated alkanes) is 1. The molecule has 0 unspecified atom stereocenters. The van der Waals surface area contributed by atoms with Gasteiger partial charge in [0, 0.05) is 26.2 Å². The SMILES string of the molecule is CCCCOC[C@H](O)CN(Cc1c(C)nn(-c2ccccc2)c1Oc1cccc(C)c1)CC1CC1. The Kier molecular flexibility index (Phi) is 8.96. The summed E-state index contributed by atoms with van der Waals surface area (Å²) in [6.45, 7) is 9.53. The number of ether oxygens (including phenoxy) is 2. The van der Waals surface area contributed by atoms with Gasteiger partial charge in [-0.2, -0.15) is 5.10 Å². The van der Waals surface area contributed by atoms with Crippen LogP contribution in [0, 0.1) is 19.8 Å². The predicted octanol–water partition coefficient (Wildman–Crippen LogP) is 5.67. The second-order valence-electron chi connectivity index (χ2n) is 9.75. The van der Waals surface area contributed by atoms with Crippen molar-refractivity contribution in [3.63, 3.8) is 0 Å². The fourth-order valence-corrected chi connectivity index (χ4v) is 4.27. The van der Waals surface area contributed by atoms with Gasteiger partial charge < -0.3 is 14.6 Å². The Balaban J connectivity index is 1.59. The molecule has 1 atom stereocenters. The van der Waals surface area contributed by atoms with E-state index < -0.39 is 6.10 Å². The molecule has 0 saturated heterocycles. The van der Waals surface area contributed by atoms with Crippen LogP contribution in [-0.4, -0.2) is 52.2 Å². The van der Waals surface area contributed by atoms with Crippen LogP contribution in [0.3, 0.4) is 0 Å². The lowest BCUT2D eigenvalue weighted by atomic mass is 10.2. The van der Waals surface area contributed by atoms with Crippen molar-refractivity contribution in [2.45, 2.75) is 59.1 Å². The molecule has 1 N–H and O–H groups in total. The van der Waals surface area contributed by atoms with Crippen molar-refractivity contribution >= 4 is 0 Å². The number of rotatable bonds is 14. The van der Waals surface area contributed by atoms with E-state index in [9.17, 15) is 5.11 Å². The molecule has 1 aliphatic rings. The molecule has 0 radical (unpaired) electrons. The van der Waals surface area contributed by atoms with Crippen LogP contribution in [0.4, 0.5) is 0 Å². The molecule has 1 heterocycles. The molecule has 6 heteroatoms. The van der Waals surface area contributed by atoms with Gasteiger partial charge in [0.2, 0.25) is 5.88 Å². The van der Waals surface area contributed by atoms with Crippen LogP contribution in [-0.2, 0) is 11.3 Å². The van der Waals surface area contributed by atoms with E-state index >= 15 is 0 Å². The molecule has 0 aliphatic heterocycles. The van der Waals surface area contributed by atoms with Crippen LogP contribution >= 0.6 is 0 Å².